The van der Waals surface area contributed by atoms with Crippen molar-refractivity contribution in [3.63, 3.8) is 0 Å². The van der Waals surface area contributed by atoms with Crippen molar-refractivity contribution in [3.05, 3.63) is 46.9 Å². The highest BCUT2D eigenvalue weighted by Crippen LogP contribution is 2.33. The van der Waals surface area contributed by atoms with E-state index in [4.69, 9.17) is 16.0 Å². The van der Waals surface area contributed by atoms with Crippen LogP contribution in [0, 0.1) is 5.82 Å². The molecule has 0 bridgehead atoms. The number of β-amino-alcohol motifs (C(OH)–C–C–N with tert-alkyl or cyclic N) is 1. The molecular weight excluding hydrogens is 417 g/mol. The van der Waals surface area contributed by atoms with Crippen molar-refractivity contribution in [2.75, 3.05) is 25.5 Å². The van der Waals surface area contributed by atoms with Gasteiger partial charge in [0.1, 0.15) is 17.1 Å². The van der Waals surface area contributed by atoms with Crippen LogP contribution in [0.2, 0.25) is 5.02 Å². The Bertz CT molecular complexity index is 1150. The van der Waals surface area contributed by atoms with E-state index in [1.54, 1.807) is 0 Å². The fourth-order valence-corrected chi connectivity index (χ4v) is 3.49. The number of methoxy groups -OCH3 is 1. The number of benzene rings is 1. The van der Waals surface area contributed by atoms with Crippen molar-refractivity contribution in [2.45, 2.75) is 12.5 Å². The number of anilines is 1. The normalized spacial score (nSPS) is 16.1. The van der Waals surface area contributed by atoms with Gasteiger partial charge in [0.25, 0.3) is 0 Å². The number of carbonyl (C=O) groups excluding carboxylic acids is 2. The standard InChI is InChI=1S/C20H17ClFN3O5/c1-29-19(27)16-7-13(21)18-15(24-16)8-17(30-18)12-3-2-10(6-14(12)22)23-20(28)25-5-4-11(26)9-25/h2-3,6-8,11,26H,4-5,9H2,1H3,(H,23,28)/t11-/m1/s1. The van der Waals surface area contributed by atoms with E-state index in [1.165, 1.54) is 42.3 Å². The summed E-state index contributed by atoms with van der Waals surface area (Å²) in [6, 6.07) is 6.53. The quantitative estimate of drug-likeness (QED) is 0.610. The molecule has 1 aliphatic heterocycles. The third kappa shape index (κ3) is 3.81. The lowest BCUT2D eigenvalue weighted by atomic mass is 10.1. The predicted molar refractivity (Wildman–Crippen MR) is 107 cm³/mol. The second-order valence-electron chi connectivity index (χ2n) is 6.82. The molecule has 1 aliphatic rings. The largest absolute Gasteiger partial charge is 0.464 e. The van der Waals surface area contributed by atoms with E-state index in [0.717, 1.165) is 0 Å². The molecule has 2 aromatic heterocycles. The van der Waals surface area contributed by atoms with Gasteiger partial charge in [-0.2, -0.15) is 0 Å². The molecule has 0 saturated carbocycles. The summed E-state index contributed by atoms with van der Waals surface area (Å²) in [5.41, 5.74) is 0.903. The molecule has 0 radical (unpaired) electrons. The number of amides is 2. The van der Waals surface area contributed by atoms with Crippen LogP contribution in [0.5, 0.6) is 0 Å². The van der Waals surface area contributed by atoms with Crippen molar-refractivity contribution >= 4 is 40.4 Å². The third-order valence-electron chi connectivity index (χ3n) is 4.76. The number of carbonyl (C=O) groups is 2. The summed E-state index contributed by atoms with van der Waals surface area (Å²) < 4.78 is 25.0. The van der Waals surface area contributed by atoms with Crippen LogP contribution < -0.4 is 5.32 Å². The lowest BCUT2D eigenvalue weighted by Gasteiger charge is -2.16. The maximum atomic E-state index is 14.7. The van der Waals surface area contributed by atoms with Gasteiger partial charge in [-0.05, 0) is 30.7 Å². The summed E-state index contributed by atoms with van der Waals surface area (Å²) in [5, 5.41) is 12.3. The van der Waals surface area contributed by atoms with Crippen LogP contribution in [0.15, 0.2) is 34.7 Å². The van der Waals surface area contributed by atoms with E-state index in [-0.39, 0.29) is 45.4 Å². The first-order valence-electron chi connectivity index (χ1n) is 9.08. The number of hydrogen-bond donors (Lipinski definition) is 2. The number of esters is 1. The van der Waals surface area contributed by atoms with Crippen molar-refractivity contribution in [2.24, 2.45) is 0 Å². The number of aromatic nitrogens is 1. The molecule has 0 spiro atoms. The number of aliphatic hydroxyl groups excluding tert-OH is 1. The number of fused-ring (bicyclic) bond motifs is 1. The average Bonchev–Trinajstić information content (AvgIpc) is 3.34. The minimum absolute atomic E-state index is 0.00733. The molecule has 0 unspecified atom stereocenters. The Labute approximate surface area is 175 Å². The molecule has 156 valence electrons. The lowest BCUT2D eigenvalue weighted by molar-refractivity contribution is 0.0594. The summed E-state index contributed by atoms with van der Waals surface area (Å²) in [4.78, 5) is 29.5. The molecule has 0 aliphatic carbocycles. The van der Waals surface area contributed by atoms with Crippen molar-refractivity contribution in [3.8, 4) is 11.3 Å². The van der Waals surface area contributed by atoms with Crippen LogP contribution in [0.1, 0.15) is 16.9 Å². The fourth-order valence-electron chi connectivity index (χ4n) is 3.25. The predicted octanol–water partition coefficient (Wildman–Crippen LogP) is 3.67. The van der Waals surface area contributed by atoms with E-state index >= 15 is 0 Å². The van der Waals surface area contributed by atoms with Gasteiger partial charge in [0.2, 0.25) is 0 Å². The minimum atomic E-state index is -0.654. The second kappa shape index (κ2) is 7.92. The van der Waals surface area contributed by atoms with Gasteiger partial charge >= 0.3 is 12.0 Å². The Balaban J connectivity index is 1.59. The van der Waals surface area contributed by atoms with E-state index < -0.39 is 23.9 Å². The third-order valence-corrected chi connectivity index (χ3v) is 5.05. The number of halogens is 2. The van der Waals surface area contributed by atoms with Crippen LogP contribution >= 0.6 is 11.6 Å². The Morgan fingerprint density at radius 1 is 1.37 bits per heavy atom. The Kier molecular flexibility index (Phi) is 5.31. The van der Waals surface area contributed by atoms with Crippen LogP contribution in [-0.4, -0.2) is 53.3 Å². The molecule has 1 saturated heterocycles. The first kappa shape index (κ1) is 20.1. The maximum absolute atomic E-state index is 14.7. The molecule has 1 atom stereocenters. The monoisotopic (exact) mass is 433 g/mol. The van der Waals surface area contributed by atoms with Crippen molar-refractivity contribution < 1.29 is 28.2 Å². The van der Waals surface area contributed by atoms with Crippen molar-refractivity contribution in [1.29, 1.82) is 0 Å². The number of ether oxygens (including phenoxy) is 1. The molecule has 30 heavy (non-hydrogen) atoms. The average molecular weight is 434 g/mol. The van der Waals surface area contributed by atoms with Crippen LogP contribution in [0.25, 0.3) is 22.4 Å². The zero-order valence-electron chi connectivity index (χ0n) is 15.8. The molecule has 2 N–H and O–H groups in total. The summed E-state index contributed by atoms with van der Waals surface area (Å²) in [5.74, 6) is -1.12. The number of urea groups is 1. The highest BCUT2D eigenvalue weighted by molar-refractivity contribution is 6.35. The number of aliphatic hydroxyl groups is 1. The van der Waals surface area contributed by atoms with E-state index in [0.29, 0.717) is 13.0 Å². The Morgan fingerprint density at radius 3 is 2.83 bits per heavy atom. The highest BCUT2D eigenvalue weighted by atomic mass is 35.5. The summed E-state index contributed by atoms with van der Waals surface area (Å²) >= 11 is 6.15. The SMILES string of the molecule is COC(=O)c1cc(Cl)c2oc(-c3ccc(NC(=O)N4CC[C@@H](O)C4)cc3F)cc2n1. The number of nitrogens with one attached hydrogen (secondary N) is 1. The Hall–Kier alpha value is -3.17. The molecule has 3 aromatic rings. The Morgan fingerprint density at radius 2 is 2.17 bits per heavy atom. The van der Waals surface area contributed by atoms with E-state index in [9.17, 15) is 19.1 Å². The molecule has 2 amide bonds. The second-order valence-corrected chi connectivity index (χ2v) is 7.23. The molecule has 8 nitrogen and oxygen atoms in total. The smallest absolute Gasteiger partial charge is 0.356 e. The van der Waals surface area contributed by atoms with Gasteiger partial charge in [0, 0.05) is 24.8 Å². The number of nitrogens with zero attached hydrogens (tertiary/aromatic N) is 2. The first-order chi connectivity index (χ1) is 14.4. The highest BCUT2D eigenvalue weighted by Gasteiger charge is 2.25. The van der Waals surface area contributed by atoms with Crippen LogP contribution in [0.4, 0.5) is 14.9 Å². The maximum Gasteiger partial charge on any atom is 0.356 e. The summed E-state index contributed by atoms with van der Waals surface area (Å²) in [6.45, 7) is 0.681. The lowest BCUT2D eigenvalue weighted by Crippen LogP contribution is -2.33. The number of rotatable bonds is 3. The van der Waals surface area contributed by atoms with Gasteiger partial charge in [0.05, 0.1) is 23.8 Å². The number of pyridine rings is 1. The minimum Gasteiger partial charge on any atom is -0.464 e. The van der Waals surface area contributed by atoms with Gasteiger partial charge in [-0.1, -0.05) is 11.6 Å². The number of likely N-dealkylation sites (tertiary alicyclic amines) is 1. The van der Waals surface area contributed by atoms with Gasteiger partial charge in [-0.15, -0.1) is 0 Å². The van der Waals surface area contributed by atoms with Gasteiger partial charge in [-0.25, -0.2) is 19.0 Å². The summed E-state index contributed by atoms with van der Waals surface area (Å²) in [7, 11) is 1.23. The van der Waals surface area contributed by atoms with E-state index in [2.05, 4.69) is 15.0 Å². The number of furan rings is 1. The van der Waals surface area contributed by atoms with E-state index in [1.807, 2.05) is 0 Å². The summed E-state index contributed by atoms with van der Waals surface area (Å²) in [6.07, 6.45) is -0.0239. The van der Waals surface area contributed by atoms with Gasteiger partial charge < -0.3 is 24.5 Å². The fraction of sp³-hybridized carbons (Fsp3) is 0.250. The number of hydrogen-bond acceptors (Lipinski definition) is 6. The molecule has 10 heteroatoms. The molecule has 1 aromatic carbocycles. The zero-order chi connectivity index (χ0) is 21.4. The zero-order valence-corrected chi connectivity index (χ0v) is 16.6. The van der Waals surface area contributed by atoms with Crippen LogP contribution in [-0.2, 0) is 4.74 Å². The molecular formula is C20H17ClFN3O5. The molecule has 4 rings (SSSR count). The van der Waals surface area contributed by atoms with Gasteiger partial charge in [0.15, 0.2) is 11.3 Å². The van der Waals surface area contributed by atoms with Crippen molar-refractivity contribution in [1.82, 2.24) is 9.88 Å². The first-order valence-corrected chi connectivity index (χ1v) is 9.46. The van der Waals surface area contributed by atoms with Crippen LogP contribution in [0.3, 0.4) is 0 Å². The molecule has 3 heterocycles. The van der Waals surface area contributed by atoms with Gasteiger partial charge in [-0.3, -0.25) is 0 Å². The molecule has 1 fully saturated rings. The topological polar surface area (TPSA) is 105 Å².